The molecule has 1 heteroatoms. The van der Waals surface area contributed by atoms with Crippen LogP contribution in [0.15, 0.2) is 48.2 Å². The first kappa shape index (κ1) is 9.07. The Labute approximate surface area is 84.9 Å². The Kier molecular flexibility index (Phi) is 2.40. The molecule has 1 atom stereocenters. The van der Waals surface area contributed by atoms with Crippen LogP contribution >= 0.6 is 0 Å². The zero-order valence-electron chi connectivity index (χ0n) is 8.40. The van der Waals surface area contributed by atoms with Gasteiger partial charge in [0.1, 0.15) is 0 Å². The first-order valence-corrected chi connectivity index (χ1v) is 4.99. The largest absolute Gasteiger partial charge is 0.402 e. The lowest BCUT2D eigenvalue weighted by molar-refractivity contribution is 0.688. The van der Waals surface area contributed by atoms with Crippen molar-refractivity contribution in [2.24, 2.45) is 11.7 Å². The molecule has 0 fully saturated rings. The number of nitrogens with two attached hydrogens (primary N) is 1. The molecule has 1 unspecified atom stereocenters. The molecule has 2 rings (SSSR count). The summed E-state index contributed by atoms with van der Waals surface area (Å²) in [4.78, 5) is 0. The van der Waals surface area contributed by atoms with E-state index in [4.69, 9.17) is 5.73 Å². The molecule has 0 aromatic heterocycles. The predicted octanol–water partition coefficient (Wildman–Crippen LogP) is 2.95. The van der Waals surface area contributed by atoms with Crippen LogP contribution in [0.4, 0.5) is 0 Å². The van der Waals surface area contributed by atoms with Crippen LogP contribution in [0.25, 0.3) is 5.57 Å². The van der Waals surface area contributed by atoms with Gasteiger partial charge in [-0.05, 0) is 29.6 Å². The molecule has 0 saturated carbocycles. The first-order chi connectivity index (χ1) is 6.77. The van der Waals surface area contributed by atoms with Gasteiger partial charge in [0, 0.05) is 5.70 Å². The van der Waals surface area contributed by atoms with Crippen LogP contribution in [0.2, 0.25) is 0 Å². The van der Waals surface area contributed by atoms with Crippen LogP contribution in [-0.2, 0) is 0 Å². The van der Waals surface area contributed by atoms with Crippen LogP contribution in [-0.4, -0.2) is 0 Å². The summed E-state index contributed by atoms with van der Waals surface area (Å²) < 4.78 is 0. The molecule has 0 amide bonds. The monoisotopic (exact) mass is 185 g/mol. The molecule has 0 saturated heterocycles. The zero-order chi connectivity index (χ0) is 9.97. The lowest BCUT2D eigenvalue weighted by Gasteiger charge is -2.18. The maximum absolute atomic E-state index is 5.84. The molecule has 1 aliphatic rings. The fourth-order valence-electron chi connectivity index (χ4n) is 1.74. The van der Waals surface area contributed by atoms with E-state index in [-0.39, 0.29) is 0 Å². The summed E-state index contributed by atoms with van der Waals surface area (Å²) in [6.45, 7) is 2.17. The van der Waals surface area contributed by atoms with Gasteiger partial charge in [-0.1, -0.05) is 43.3 Å². The zero-order valence-corrected chi connectivity index (χ0v) is 8.40. The van der Waals surface area contributed by atoms with Gasteiger partial charge in [0.15, 0.2) is 0 Å². The van der Waals surface area contributed by atoms with Gasteiger partial charge in [-0.2, -0.15) is 0 Å². The van der Waals surface area contributed by atoms with Crippen LogP contribution in [0.5, 0.6) is 0 Å². The highest BCUT2D eigenvalue weighted by molar-refractivity contribution is 5.68. The minimum absolute atomic E-state index is 0.468. The van der Waals surface area contributed by atoms with Gasteiger partial charge in [0.05, 0.1) is 0 Å². The van der Waals surface area contributed by atoms with E-state index in [1.807, 2.05) is 12.1 Å². The maximum Gasteiger partial charge on any atom is 0.0113 e. The minimum atomic E-state index is 0.468. The average molecular weight is 185 g/mol. The van der Waals surface area contributed by atoms with Crippen molar-refractivity contribution in [1.29, 1.82) is 0 Å². The minimum Gasteiger partial charge on any atom is -0.402 e. The fourth-order valence-corrected chi connectivity index (χ4v) is 1.74. The summed E-state index contributed by atoms with van der Waals surface area (Å²) in [5.41, 5.74) is 9.52. The molecular formula is C13H15N. The summed E-state index contributed by atoms with van der Waals surface area (Å²) >= 11 is 0. The molecule has 1 aliphatic carbocycles. The number of benzene rings is 1. The van der Waals surface area contributed by atoms with E-state index in [2.05, 4.69) is 37.3 Å². The molecule has 0 bridgehead atoms. The quantitative estimate of drug-likeness (QED) is 0.715. The Morgan fingerprint density at radius 1 is 1.14 bits per heavy atom. The summed E-state index contributed by atoms with van der Waals surface area (Å²) in [6.07, 6.45) is 5.20. The van der Waals surface area contributed by atoms with E-state index < -0.39 is 0 Å². The Balaban J connectivity index is 2.30. The second kappa shape index (κ2) is 3.70. The molecule has 0 radical (unpaired) electrons. The van der Waals surface area contributed by atoms with Crippen LogP contribution < -0.4 is 5.73 Å². The fraction of sp³-hybridized carbons (Fsp3) is 0.231. The van der Waals surface area contributed by atoms with E-state index in [1.54, 1.807) is 0 Å². The number of hydrogen-bond acceptors (Lipinski definition) is 1. The van der Waals surface area contributed by atoms with E-state index in [1.165, 1.54) is 11.1 Å². The molecule has 14 heavy (non-hydrogen) atoms. The van der Waals surface area contributed by atoms with E-state index in [9.17, 15) is 0 Å². The van der Waals surface area contributed by atoms with Crippen molar-refractivity contribution in [2.45, 2.75) is 13.3 Å². The Morgan fingerprint density at radius 2 is 1.86 bits per heavy atom. The van der Waals surface area contributed by atoms with Crippen LogP contribution in [0.3, 0.4) is 0 Å². The normalized spacial score (nSPS) is 21.4. The second-order valence-corrected chi connectivity index (χ2v) is 3.83. The van der Waals surface area contributed by atoms with E-state index in [0.29, 0.717) is 5.92 Å². The van der Waals surface area contributed by atoms with Gasteiger partial charge < -0.3 is 5.73 Å². The Bertz CT molecular complexity index is 373. The topological polar surface area (TPSA) is 26.0 Å². The van der Waals surface area contributed by atoms with Gasteiger partial charge >= 0.3 is 0 Å². The van der Waals surface area contributed by atoms with E-state index in [0.717, 1.165) is 12.1 Å². The Hall–Kier alpha value is -1.50. The highest BCUT2D eigenvalue weighted by Crippen LogP contribution is 2.28. The highest BCUT2D eigenvalue weighted by Gasteiger charge is 2.12. The van der Waals surface area contributed by atoms with Gasteiger partial charge in [0.2, 0.25) is 0 Å². The van der Waals surface area contributed by atoms with E-state index >= 15 is 0 Å². The lowest BCUT2D eigenvalue weighted by Crippen LogP contribution is -2.11. The van der Waals surface area contributed by atoms with Crippen molar-refractivity contribution in [3.8, 4) is 0 Å². The van der Waals surface area contributed by atoms with Crippen molar-refractivity contribution in [2.75, 3.05) is 0 Å². The molecule has 1 nitrogen and oxygen atoms in total. The molecule has 0 heterocycles. The van der Waals surface area contributed by atoms with Gasteiger partial charge in [-0.25, -0.2) is 0 Å². The average Bonchev–Trinajstić information content (AvgIpc) is 2.23. The van der Waals surface area contributed by atoms with Crippen molar-refractivity contribution in [3.63, 3.8) is 0 Å². The Morgan fingerprint density at radius 3 is 2.50 bits per heavy atom. The second-order valence-electron chi connectivity index (χ2n) is 3.83. The van der Waals surface area contributed by atoms with Crippen LogP contribution in [0, 0.1) is 5.92 Å². The van der Waals surface area contributed by atoms with Crippen molar-refractivity contribution in [1.82, 2.24) is 0 Å². The smallest absolute Gasteiger partial charge is 0.0113 e. The van der Waals surface area contributed by atoms with Gasteiger partial charge in [-0.3, -0.25) is 0 Å². The standard InChI is InChI=1S/C13H15N/c1-10-9-12(7-8-13(10)14)11-5-3-2-4-6-11/h2-8,10H,9,14H2,1H3. The molecular weight excluding hydrogens is 170 g/mol. The van der Waals surface area contributed by atoms with Crippen molar-refractivity contribution >= 4 is 5.57 Å². The predicted molar refractivity (Wildman–Crippen MR) is 60.5 cm³/mol. The molecule has 0 aliphatic heterocycles. The van der Waals surface area contributed by atoms with Crippen LogP contribution in [0.1, 0.15) is 18.9 Å². The SMILES string of the molecule is CC1CC(c2ccccc2)=CC=C1N. The summed E-state index contributed by atoms with van der Waals surface area (Å²) in [5.74, 6) is 0.468. The number of allylic oxidation sites excluding steroid dienone is 4. The molecule has 1 aromatic carbocycles. The molecule has 1 aromatic rings. The summed E-state index contributed by atoms with van der Waals surface area (Å²) in [5, 5.41) is 0. The number of hydrogen-bond donors (Lipinski definition) is 1. The van der Waals surface area contributed by atoms with Gasteiger partial charge in [-0.15, -0.1) is 0 Å². The maximum atomic E-state index is 5.84. The van der Waals surface area contributed by atoms with Crippen molar-refractivity contribution in [3.05, 3.63) is 53.7 Å². The molecule has 2 N–H and O–H groups in total. The summed E-state index contributed by atoms with van der Waals surface area (Å²) in [7, 11) is 0. The summed E-state index contributed by atoms with van der Waals surface area (Å²) in [6, 6.07) is 10.5. The van der Waals surface area contributed by atoms with Crippen molar-refractivity contribution < 1.29 is 0 Å². The lowest BCUT2D eigenvalue weighted by atomic mass is 9.89. The molecule has 72 valence electrons. The number of rotatable bonds is 1. The third kappa shape index (κ3) is 1.72. The third-order valence-corrected chi connectivity index (χ3v) is 2.72. The van der Waals surface area contributed by atoms with Gasteiger partial charge in [0.25, 0.3) is 0 Å². The first-order valence-electron chi connectivity index (χ1n) is 4.99. The third-order valence-electron chi connectivity index (χ3n) is 2.72. The highest BCUT2D eigenvalue weighted by atomic mass is 14.6. The molecule has 0 spiro atoms.